The molecule has 0 unspecified atom stereocenters. The molecule has 0 heterocycles. The number of rotatable bonds is 10. The summed E-state index contributed by atoms with van der Waals surface area (Å²) in [4.78, 5) is 19.5. The molecule has 5 rings (SSSR count). The molecule has 4 aromatic carbocycles. The lowest BCUT2D eigenvalue weighted by atomic mass is 9.68. The van der Waals surface area contributed by atoms with Gasteiger partial charge in [-0.1, -0.05) is 91.0 Å². The van der Waals surface area contributed by atoms with Gasteiger partial charge in [-0.05, 0) is 72.2 Å². The van der Waals surface area contributed by atoms with Crippen molar-refractivity contribution in [3.63, 3.8) is 0 Å². The molecule has 1 N–H and O–H groups in total. The quantitative estimate of drug-likeness (QED) is 0.0989. The highest BCUT2D eigenvalue weighted by atomic mass is 19.1. The number of ether oxygens (including phenoxy) is 2. The SMILES string of the molecule is O=C(Oc1ccccc1)C1(c2cccc(F)c2)CCC(=C(NOCc2ccccc2)OCc2ccccc2)CC1. The molecule has 1 aliphatic rings. The van der Waals surface area contributed by atoms with E-state index in [1.807, 2.05) is 78.9 Å². The van der Waals surface area contributed by atoms with Crippen molar-refractivity contribution in [2.75, 3.05) is 0 Å². The predicted molar refractivity (Wildman–Crippen MR) is 151 cm³/mol. The summed E-state index contributed by atoms with van der Waals surface area (Å²) in [5.41, 5.74) is 5.72. The van der Waals surface area contributed by atoms with E-state index < -0.39 is 5.41 Å². The number of benzene rings is 4. The molecular weight excluding hydrogens is 505 g/mol. The van der Waals surface area contributed by atoms with Gasteiger partial charge >= 0.3 is 5.97 Å². The molecule has 1 fully saturated rings. The molecular formula is C34H32FNO4. The van der Waals surface area contributed by atoms with Crippen LogP contribution in [0.15, 0.2) is 127 Å². The van der Waals surface area contributed by atoms with E-state index in [9.17, 15) is 9.18 Å². The lowest BCUT2D eigenvalue weighted by molar-refractivity contribution is -0.142. The summed E-state index contributed by atoms with van der Waals surface area (Å²) in [6.45, 7) is 0.732. The summed E-state index contributed by atoms with van der Waals surface area (Å²) in [5, 5.41) is 0. The molecule has 5 nitrogen and oxygen atoms in total. The molecule has 1 aliphatic carbocycles. The number of nitrogens with one attached hydrogen (secondary N) is 1. The standard InChI is InChI=1S/C34H32FNO4/c35-30-16-10-15-29(23-30)34(33(37)40-31-17-8-3-9-18-31)21-19-28(20-22-34)32(38-24-26-11-4-1-5-12-26)36-39-25-27-13-6-2-7-14-27/h1-18,23,36H,19-22,24-25H2. The lowest BCUT2D eigenvalue weighted by Crippen LogP contribution is -2.42. The Bertz CT molecular complexity index is 1410. The maximum Gasteiger partial charge on any atom is 0.321 e. The highest BCUT2D eigenvalue weighted by Crippen LogP contribution is 2.43. The molecule has 0 amide bonds. The Balaban J connectivity index is 1.37. The first-order valence-corrected chi connectivity index (χ1v) is 13.5. The number of carbonyl (C=O) groups is 1. The molecule has 40 heavy (non-hydrogen) atoms. The van der Waals surface area contributed by atoms with Gasteiger partial charge in [0.05, 0.1) is 12.0 Å². The van der Waals surface area contributed by atoms with Gasteiger partial charge in [-0.15, -0.1) is 0 Å². The van der Waals surface area contributed by atoms with Gasteiger partial charge in [-0.3, -0.25) is 9.63 Å². The highest BCUT2D eigenvalue weighted by Gasteiger charge is 2.45. The monoisotopic (exact) mass is 537 g/mol. The second kappa shape index (κ2) is 13.1. The van der Waals surface area contributed by atoms with Crippen molar-refractivity contribution < 1.29 is 23.5 Å². The zero-order valence-corrected chi connectivity index (χ0v) is 22.2. The number of carbonyl (C=O) groups excluding carboxylic acids is 1. The van der Waals surface area contributed by atoms with Crippen LogP contribution in [0.4, 0.5) is 4.39 Å². The zero-order chi connectivity index (χ0) is 27.6. The number of hydroxylamine groups is 1. The minimum Gasteiger partial charge on any atom is -0.473 e. The van der Waals surface area contributed by atoms with Gasteiger partial charge in [0.25, 0.3) is 0 Å². The molecule has 204 valence electrons. The Morgan fingerprint density at radius 2 is 1.35 bits per heavy atom. The molecule has 1 saturated carbocycles. The summed E-state index contributed by atoms with van der Waals surface area (Å²) in [7, 11) is 0. The fourth-order valence-electron chi connectivity index (χ4n) is 4.99. The smallest absolute Gasteiger partial charge is 0.321 e. The predicted octanol–water partition coefficient (Wildman–Crippen LogP) is 7.39. The lowest BCUT2D eigenvalue weighted by Gasteiger charge is -2.36. The van der Waals surface area contributed by atoms with E-state index in [-0.39, 0.29) is 11.8 Å². The number of hydrogen-bond donors (Lipinski definition) is 1. The molecule has 0 saturated heterocycles. The average molecular weight is 538 g/mol. The number of halogens is 1. The van der Waals surface area contributed by atoms with Crippen molar-refractivity contribution >= 4 is 5.97 Å². The third-order valence-corrected chi connectivity index (χ3v) is 7.22. The van der Waals surface area contributed by atoms with Gasteiger partial charge < -0.3 is 9.47 Å². The Morgan fingerprint density at radius 1 is 0.750 bits per heavy atom. The van der Waals surface area contributed by atoms with Crippen molar-refractivity contribution in [1.29, 1.82) is 0 Å². The number of para-hydroxylation sites is 1. The van der Waals surface area contributed by atoms with Crippen LogP contribution in [-0.4, -0.2) is 5.97 Å². The molecule has 0 aliphatic heterocycles. The summed E-state index contributed by atoms with van der Waals surface area (Å²) in [6.07, 6.45) is 1.98. The molecule has 6 heteroatoms. The van der Waals surface area contributed by atoms with E-state index in [1.165, 1.54) is 12.1 Å². The van der Waals surface area contributed by atoms with Gasteiger partial charge in [0.15, 0.2) is 0 Å². The third-order valence-electron chi connectivity index (χ3n) is 7.22. The maximum absolute atomic E-state index is 14.3. The molecule has 4 aromatic rings. The first-order valence-electron chi connectivity index (χ1n) is 13.5. The van der Waals surface area contributed by atoms with Crippen molar-refractivity contribution in [2.45, 2.75) is 44.3 Å². The van der Waals surface area contributed by atoms with Crippen LogP contribution in [0.3, 0.4) is 0 Å². The Hall–Kier alpha value is -4.42. The topological polar surface area (TPSA) is 56.8 Å². The molecule has 0 radical (unpaired) electrons. The zero-order valence-electron chi connectivity index (χ0n) is 22.2. The first kappa shape index (κ1) is 27.2. The third kappa shape index (κ3) is 6.77. The van der Waals surface area contributed by atoms with E-state index in [2.05, 4.69) is 5.48 Å². The maximum atomic E-state index is 14.3. The summed E-state index contributed by atoms with van der Waals surface area (Å²) >= 11 is 0. The van der Waals surface area contributed by atoms with E-state index in [0.717, 1.165) is 16.7 Å². The number of esters is 1. The summed E-state index contributed by atoms with van der Waals surface area (Å²) < 4.78 is 26.4. The van der Waals surface area contributed by atoms with Crippen LogP contribution in [-0.2, 0) is 33.0 Å². The van der Waals surface area contributed by atoms with Crippen molar-refractivity contribution in [1.82, 2.24) is 5.48 Å². The van der Waals surface area contributed by atoms with Crippen LogP contribution in [0, 0.1) is 5.82 Å². The Kier molecular flexibility index (Phi) is 8.89. The molecule has 0 spiro atoms. The Labute approximate surface area is 234 Å². The summed E-state index contributed by atoms with van der Waals surface area (Å²) in [6, 6.07) is 35.0. The summed E-state index contributed by atoms with van der Waals surface area (Å²) in [5.74, 6) is 0.244. The van der Waals surface area contributed by atoms with Crippen molar-refractivity contribution in [3.05, 3.63) is 149 Å². The first-order chi connectivity index (χ1) is 19.6. The minimum absolute atomic E-state index is 0.364. The van der Waals surface area contributed by atoms with Crippen LogP contribution >= 0.6 is 0 Å². The second-order valence-electron chi connectivity index (χ2n) is 9.88. The largest absolute Gasteiger partial charge is 0.473 e. The van der Waals surface area contributed by atoms with Gasteiger partial charge in [0.2, 0.25) is 5.88 Å². The number of allylic oxidation sites excluding steroid dienone is 1. The van der Waals surface area contributed by atoms with Crippen LogP contribution < -0.4 is 10.2 Å². The van der Waals surface area contributed by atoms with Gasteiger partial charge in [0.1, 0.15) is 18.2 Å². The molecule has 0 bridgehead atoms. The van der Waals surface area contributed by atoms with Crippen LogP contribution in [0.5, 0.6) is 5.75 Å². The van der Waals surface area contributed by atoms with E-state index in [1.54, 1.807) is 24.3 Å². The second-order valence-corrected chi connectivity index (χ2v) is 9.88. The van der Waals surface area contributed by atoms with Crippen LogP contribution in [0.25, 0.3) is 0 Å². The van der Waals surface area contributed by atoms with Crippen LogP contribution in [0.2, 0.25) is 0 Å². The van der Waals surface area contributed by atoms with E-state index in [0.29, 0.717) is 56.1 Å². The van der Waals surface area contributed by atoms with Crippen molar-refractivity contribution in [2.24, 2.45) is 0 Å². The Morgan fingerprint density at radius 3 is 1.98 bits per heavy atom. The van der Waals surface area contributed by atoms with Gasteiger partial charge in [-0.25, -0.2) is 9.87 Å². The fraction of sp³-hybridized carbons (Fsp3) is 0.206. The average Bonchev–Trinajstić information content (AvgIpc) is 3.00. The number of hydrogen-bond acceptors (Lipinski definition) is 5. The molecule has 0 atom stereocenters. The molecule has 0 aromatic heterocycles. The normalized spacial score (nSPS) is 16.7. The highest BCUT2D eigenvalue weighted by molar-refractivity contribution is 5.85. The van der Waals surface area contributed by atoms with Gasteiger partial charge in [-0.2, -0.15) is 0 Å². The van der Waals surface area contributed by atoms with Crippen LogP contribution in [0.1, 0.15) is 42.4 Å². The fourth-order valence-corrected chi connectivity index (χ4v) is 4.99. The van der Waals surface area contributed by atoms with Crippen molar-refractivity contribution in [3.8, 4) is 5.75 Å². The minimum atomic E-state index is -0.989. The van der Waals surface area contributed by atoms with Gasteiger partial charge in [0, 0.05) is 0 Å². The van der Waals surface area contributed by atoms with E-state index in [4.69, 9.17) is 14.3 Å². The van der Waals surface area contributed by atoms with E-state index >= 15 is 0 Å².